The highest BCUT2D eigenvalue weighted by molar-refractivity contribution is 6.06. The number of benzene rings is 4. The molecule has 4 N–H and O–H groups in total. The fourth-order valence-corrected chi connectivity index (χ4v) is 4.93. The first kappa shape index (κ1) is 30.1. The maximum absolute atomic E-state index is 11.6. The zero-order valence-electron chi connectivity index (χ0n) is 23.6. The van der Waals surface area contributed by atoms with Gasteiger partial charge in [0.25, 0.3) is 0 Å². The average molecular weight is 601 g/mol. The molecular formula is C35H24N2O8. The fourth-order valence-electron chi connectivity index (χ4n) is 4.93. The van der Waals surface area contributed by atoms with Crippen molar-refractivity contribution < 1.29 is 39.6 Å². The number of para-hydroxylation sites is 1. The van der Waals surface area contributed by atoms with Crippen molar-refractivity contribution in [2.45, 2.75) is 6.92 Å². The number of carboxylic acids is 4. The lowest BCUT2D eigenvalue weighted by molar-refractivity contribution is 0.0686. The van der Waals surface area contributed by atoms with Gasteiger partial charge in [0.05, 0.1) is 44.7 Å². The number of aromatic nitrogens is 2. The highest BCUT2D eigenvalue weighted by Crippen LogP contribution is 2.29. The van der Waals surface area contributed by atoms with Gasteiger partial charge in [0.1, 0.15) is 0 Å². The molecule has 0 bridgehead atoms. The van der Waals surface area contributed by atoms with Crippen LogP contribution in [-0.2, 0) is 0 Å². The van der Waals surface area contributed by atoms with Crippen molar-refractivity contribution in [3.63, 3.8) is 0 Å². The summed E-state index contributed by atoms with van der Waals surface area (Å²) in [6.07, 6.45) is 0. The highest BCUT2D eigenvalue weighted by atomic mass is 16.4. The van der Waals surface area contributed by atoms with Crippen molar-refractivity contribution in [2.75, 3.05) is 0 Å². The van der Waals surface area contributed by atoms with Gasteiger partial charge in [0.15, 0.2) is 0 Å². The molecular weight excluding hydrogens is 576 g/mol. The first-order valence-electron chi connectivity index (χ1n) is 13.5. The van der Waals surface area contributed by atoms with Crippen LogP contribution in [0, 0.1) is 6.92 Å². The van der Waals surface area contributed by atoms with E-state index in [2.05, 4.69) is 9.97 Å². The average Bonchev–Trinajstić information content (AvgIpc) is 3.03. The number of fused-ring (bicyclic) bond motifs is 2. The van der Waals surface area contributed by atoms with Gasteiger partial charge in [-0.1, -0.05) is 66.2 Å². The van der Waals surface area contributed by atoms with E-state index in [0.717, 1.165) is 5.56 Å². The number of carboxylic acid groups (broad SMARTS) is 4. The van der Waals surface area contributed by atoms with Crippen molar-refractivity contribution in [3.8, 4) is 22.5 Å². The lowest BCUT2D eigenvalue weighted by atomic mass is 9.99. The number of aromatic carboxylic acids is 4. The molecule has 0 aliphatic carbocycles. The predicted octanol–water partition coefficient (Wildman–Crippen LogP) is 6.90. The molecule has 0 amide bonds. The third kappa shape index (κ3) is 6.20. The van der Waals surface area contributed by atoms with Gasteiger partial charge in [-0.05, 0) is 49.4 Å². The summed E-state index contributed by atoms with van der Waals surface area (Å²) in [6, 6.07) is 27.9. The Bertz CT molecular complexity index is 2160. The number of hydrogen-bond acceptors (Lipinski definition) is 6. The van der Waals surface area contributed by atoms with Crippen LogP contribution in [0.2, 0.25) is 0 Å². The number of carbonyl (C=O) groups is 4. The van der Waals surface area contributed by atoms with Gasteiger partial charge in [-0.3, -0.25) is 0 Å². The van der Waals surface area contributed by atoms with Gasteiger partial charge in [-0.2, -0.15) is 0 Å². The van der Waals surface area contributed by atoms with E-state index in [1.807, 2.05) is 13.0 Å². The Labute approximate surface area is 255 Å². The van der Waals surface area contributed by atoms with Crippen LogP contribution in [0.4, 0.5) is 0 Å². The molecule has 0 aliphatic rings. The molecule has 0 atom stereocenters. The Morgan fingerprint density at radius 3 is 1.40 bits per heavy atom. The van der Waals surface area contributed by atoms with E-state index in [9.17, 15) is 39.6 Å². The molecule has 6 aromatic rings. The maximum Gasteiger partial charge on any atom is 0.336 e. The van der Waals surface area contributed by atoms with Crippen LogP contribution >= 0.6 is 0 Å². The molecule has 2 aromatic heterocycles. The SMILES string of the molecule is Cc1ccc2nc(-c3ccccc3C(=O)O)cc(C(=O)O)c2c1.O=C(O)c1ccccc1-c1cc(C(=O)O)c2ccccc2n1. The predicted molar refractivity (Wildman–Crippen MR) is 167 cm³/mol. The monoisotopic (exact) mass is 600 g/mol. The first-order chi connectivity index (χ1) is 21.5. The van der Waals surface area contributed by atoms with Crippen LogP contribution in [0.25, 0.3) is 44.3 Å². The van der Waals surface area contributed by atoms with Crippen LogP contribution in [0.1, 0.15) is 47.0 Å². The van der Waals surface area contributed by atoms with Crippen LogP contribution in [0.3, 0.4) is 0 Å². The Kier molecular flexibility index (Phi) is 8.31. The molecule has 0 aliphatic heterocycles. The van der Waals surface area contributed by atoms with E-state index in [4.69, 9.17) is 0 Å². The molecule has 0 fully saturated rings. The second-order valence-electron chi connectivity index (χ2n) is 9.96. The number of rotatable bonds is 6. The molecule has 45 heavy (non-hydrogen) atoms. The quantitative estimate of drug-likeness (QED) is 0.157. The first-order valence-corrected chi connectivity index (χ1v) is 13.5. The summed E-state index contributed by atoms with van der Waals surface area (Å²) in [6.45, 7) is 1.87. The second kappa shape index (κ2) is 12.4. The van der Waals surface area contributed by atoms with Gasteiger partial charge in [-0.15, -0.1) is 0 Å². The van der Waals surface area contributed by atoms with Crippen molar-refractivity contribution in [3.05, 3.63) is 131 Å². The maximum atomic E-state index is 11.6. The Morgan fingerprint density at radius 1 is 0.467 bits per heavy atom. The number of nitrogens with zero attached hydrogens (tertiary/aromatic N) is 2. The summed E-state index contributed by atoms with van der Waals surface area (Å²) in [5.74, 6) is -4.31. The molecule has 4 aromatic carbocycles. The van der Waals surface area contributed by atoms with Crippen molar-refractivity contribution >= 4 is 45.7 Å². The van der Waals surface area contributed by atoms with Gasteiger partial charge in [0, 0.05) is 21.9 Å². The van der Waals surface area contributed by atoms with Crippen molar-refractivity contribution in [1.82, 2.24) is 9.97 Å². The largest absolute Gasteiger partial charge is 0.478 e. The highest BCUT2D eigenvalue weighted by Gasteiger charge is 2.18. The van der Waals surface area contributed by atoms with E-state index in [1.54, 1.807) is 72.8 Å². The molecule has 6 rings (SSSR count). The standard InChI is InChI=1S/C18H13NO4.C17H11NO4/c1-10-6-7-15-13(8-10)14(18(22)23)9-16(19-15)11-4-2-3-5-12(11)17(20)21;19-16(20)12-7-2-1-5-10(12)15-9-13(17(21)22)11-6-3-4-8-14(11)18-15/h2-9H,1H3,(H,20,21)(H,22,23);1-9H,(H,19,20)(H,21,22). The molecule has 0 unspecified atom stereocenters. The van der Waals surface area contributed by atoms with Gasteiger partial charge in [0.2, 0.25) is 0 Å². The summed E-state index contributed by atoms with van der Waals surface area (Å²) in [4.78, 5) is 54.6. The molecule has 222 valence electrons. The summed E-state index contributed by atoms with van der Waals surface area (Å²) >= 11 is 0. The summed E-state index contributed by atoms with van der Waals surface area (Å²) < 4.78 is 0. The number of hydrogen-bond donors (Lipinski definition) is 4. The fraction of sp³-hybridized carbons (Fsp3) is 0.0286. The topological polar surface area (TPSA) is 175 Å². The minimum atomic E-state index is -1.08. The van der Waals surface area contributed by atoms with Crippen LogP contribution < -0.4 is 0 Å². The molecule has 10 nitrogen and oxygen atoms in total. The van der Waals surface area contributed by atoms with Gasteiger partial charge >= 0.3 is 23.9 Å². The lowest BCUT2D eigenvalue weighted by Crippen LogP contribution is -2.03. The zero-order chi connectivity index (χ0) is 32.2. The zero-order valence-corrected chi connectivity index (χ0v) is 23.6. The van der Waals surface area contributed by atoms with Crippen molar-refractivity contribution in [1.29, 1.82) is 0 Å². The molecule has 0 radical (unpaired) electrons. The van der Waals surface area contributed by atoms with Crippen LogP contribution in [0.15, 0.2) is 103 Å². The summed E-state index contributed by atoms with van der Waals surface area (Å²) in [7, 11) is 0. The van der Waals surface area contributed by atoms with Crippen molar-refractivity contribution in [2.24, 2.45) is 0 Å². The van der Waals surface area contributed by atoms with E-state index in [-0.39, 0.29) is 22.3 Å². The van der Waals surface area contributed by atoms with Gasteiger partial charge in [-0.25, -0.2) is 29.1 Å². The summed E-state index contributed by atoms with van der Waals surface area (Å²) in [5, 5.41) is 38.5. The van der Waals surface area contributed by atoms with E-state index < -0.39 is 23.9 Å². The number of aryl methyl sites for hydroxylation is 1. The second-order valence-corrected chi connectivity index (χ2v) is 9.96. The Morgan fingerprint density at radius 2 is 0.889 bits per heavy atom. The number of pyridine rings is 2. The minimum absolute atomic E-state index is 0.0848. The molecule has 0 saturated heterocycles. The summed E-state index contributed by atoms with van der Waals surface area (Å²) in [5.41, 5.74) is 3.78. The molecule has 10 heteroatoms. The van der Waals surface area contributed by atoms with E-state index in [1.165, 1.54) is 24.3 Å². The lowest BCUT2D eigenvalue weighted by Gasteiger charge is -2.10. The van der Waals surface area contributed by atoms with Gasteiger partial charge < -0.3 is 20.4 Å². The van der Waals surface area contributed by atoms with Crippen LogP contribution in [-0.4, -0.2) is 54.3 Å². The van der Waals surface area contributed by atoms with E-state index >= 15 is 0 Å². The Balaban J connectivity index is 0.000000178. The Hall–Kier alpha value is -6.42. The molecule has 2 heterocycles. The molecule has 0 spiro atoms. The third-order valence-electron chi connectivity index (χ3n) is 7.01. The smallest absolute Gasteiger partial charge is 0.336 e. The van der Waals surface area contributed by atoms with E-state index in [0.29, 0.717) is 44.3 Å². The van der Waals surface area contributed by atoms with Crippen LogP contribution in [0.5, 0.6) is 0 Å². The normalized spacial score (nSPS) is 10.6. The molecule has 0 saturated carbocycles. The third-order valence-corrected chi connectivity index (χ3v) is 7.01. The minimum Gasteiger partial charge on any atom is -0.478 e.